The van der Waals surface area contributed by atoms with Gasteiger partial charge in [0.25, 0.3) is 0 Å². The molecule has 26 heavy (non-hydrogen) atoms. The van der Waals surface area contributed by atoms with Crippen molar-refractivity contribution >= 4 is 11.6 Å². The summed E-state index contributed by atoms with van der Waals surface area (Å²) in [6.45, 7) is 0.799. The lowest BCUT2D eigenvalue weighted by molar-refractivity contribution is -0.126. The smallest absolute Gasteiger partial charge is 0.223 e. The molecule has 2 unspecified atom stereocenters. The number of hydrogen-bond acceptors (Lipinski definition) is 4. The van der Waals surface area contributed by atoms with Gasteiger partial charge in [-0.05, 0) is 68.4 Å². The van der Waals surface area contributed by atoms with E-state index < -0.39 is 0 Å². The summed E-state index contributed by atoms with van der Waals surface area (Å²) < 4.78 is 1.84. The Morgan fingerprint density at radius 2 is 2.08 bits per heavy atom. The Hall–Kier alpha value is -1.95. The van der Waals surface area contributed by atoms with E-state index in [4.69, 9.17) is 10.7 Å². The normalized spacial score (nSPS) is 30.0. The number of aromatic nitrogens is 3. The van der Waals surface area contributed by atoms with Crippen LogP contribution >= 0.6 is 0 Å². The van der Waals surface area contributed by atoms with Gasteiger partial charge < -0.3 is 11.1 Å². The molecule has 2 aliphatic carbocycles. The summed E-state index contributed by atoms with van der Waals surface area (Å²) in [4.78, 5) is 16.7. The number of carbonyl (C=O) groups excluding carboxylic acids is 1. The Bertz CT molecular complexity index is 821. The van der Waals surface area contributed by atoms with Crippen LogP contribution in [0.2, 0.25) is 0 Å². The number of rotatable bonds is 5. The number of nitrogens with zero attached hydrogens (tertiary/aromatic N) is 3. The lowest BCUT2D eigenvalue weighted by Crippen LogP contribution is -2.37. The fourth-order valence-corrected chi connectivity index (χ4v) is 4.69. The minimum atomic E-state index is 0.0132. The van der Waals surface area contributed by atoms with E-state index >= 15 is 0 Å². The number of imidazole rings is 1. The Morgan fingerprint density at radius 1 is 1.23 bits per heavy atom. The van der Waals surface area contributed by atoms with Crippen LogP contribution in [0.25, 0.3) is 5.65 Å². The molecule has 0 aromatic carbocycles. The lowest BCUT2D eigenvalue weighted by Gasteiger charge is -2.38. The maximum atomic E-state index is 12.0. The molecule has 6 heteroatoms. The Kier molecular flexibility index (Phi) is 3.96. The quantitative estimate of drug-likeness (QED) is 0.863. The van der Waals surface area contributed by atoms with Gasteiger partial charge in [-0.1, -0.05) is 0 Å². The molecular weight excluding hydrogens is 326 g/mol. The van der Waals surface area contributed by atoms with Crippen molar-refractivity contribution in [2.24, 2.45) is 29.4 Å². The van der Waals surface area contributed by atoms with Crippen LogP contribution in [-0.4, -0.2) is 27.0 Å². The zero-order chi connectivity index (χ0) is 17.7. The highest BCUT2D eigenvalue weighted by Crippen LogP contribution is 2.52. The molecule has 1 aliphatic heterocycles. The number of nitrogens with two attached hydrogens (primary N) is 1. The first-order chi connectivity index (χ1) is 12.7. The molecule has 5 rings (SSSR count). The first-order valence-corrected chi connectivity index (χ1v) is 10.1. The van der Waals surface area contributed by atoms with Crippen molar-refractivity contribution in [1.29, 1.82) is 0 Å². The monoisotopic (exact) mass is 353 g/mol. The summed E-state index contributed by atoms with van der Waals surface area (Å²) in [5.74, 6) is 2.65. The number of fused-ring (bicyclic) bond motifs is 1. The average molecular weight is 353 g/mol. The lowest BCUT2D eigenvalue weighted by atomic mass is 9.68. The largest absolute Gasteiger partial charge is 0.356 e. The molecule has 0 bridgehead atoms. The van der Waals surface area contributed by atoms with E-state index in [-0.39, 0.29) is 17.9 Å². The van der Waals surface area contributed by atoms with Crippen molar-refractivity contribution in [3.8, 4) is 0 Å². The third-order valence-corrected chi connectivity index (χ3v) is 6.60. The number of hydrogen-bond donors (Lipinski definition) is 2. The topological polar surface area (TPSA) is 85.3 Å². The SMILES string of the molecule is NC(c1cn2nc(CC3CCCNC3=O)ccc2n1)C1CC(C2CC2)C1. The van der Waals surface area contributed by atoms with E-state index in [1.807, 2.05) is 22.8 Å². The summed E-state index contributed by atoms with van der Waals surface area (Å²) in [5, 5.41) is 7.63. The Labute approximate surface area is 153 Å². The van der Waals surface area contributed by atoms with Gasteiger partial charge in [-0.2, -0.15) is 5.10 Å². The van der Waals surface area contributed by atoms with Crippen molar-refractivity contribution in [2.75, 3.05) is 6.54 Å². The molecule has 2 aromatic heterocycles. The van der Waals surface area contributed by atoms with Gasteiger partial charge in [-0.3, -0.25) is 4.79 Å². The van der Waals surface area contributed by atoms with Gasteiger partial charge >= 0.3 is 0 Å². The molecule has 0 radical (unpaired) electrons. The molecule has 0 spiro atoms. The summed E-state index contributed by atoms with van der Waals surface area (Å²) in [6, 6.07) is 4.00. The summed E-state index contributed by atoms with van der Waals surface area (Å²) in [5.41, 5.74) is 9.22. The van der Waals surface area contributed by atoms with Crippen molar-refractivity contribution in [2.45, 2.75) is 51.0 Å². The van der Waals surface area contributed by atoms with Crippen molar-refractivity contribution in [3.63, 3.8) is 0 Å². The average Bonchev–Trinajstić information content (AvgIpc) is 3.33. The molecule has 2 atom stereocenters. The van der Waals surface area contributed by atoms with Crippen LogP contribution in [0.1, 0.15) is 56.0 Å². The van der Waals surface area contributed by atoms with Crippen LogP contribution in [0, 0.1) is 23.7 Å². The predicted molar refractivity (Wildman–Crippen MR) is 98.3 cm³/mol. The summed E-state index contributed by atoms with van der Waals surface area (Å²) >= 11 is 0. The second-order valence-corrected chi connectivity index (χ2v) is 8.48. The fourth-order valence-electron chi connectivity index (χ4n) is 4.69. The highest BCUT2D eigenvalue weighted by molar-refractivity contribution is 5.79. The third kappa shape index (κ3) is 3.00. The van der Waals surface area contributed by atoms with Crippen LogP contribution in [0.15, 0.2) is 18.3 Å². The number of nitrogens with one attached hydrogen (secondary N) is 1. The first kappa shape index (κ1) is 16.2. The molecular formula is C20H27N5O. The van der Waals surface area contributed by atoms with Gasteiger partial charge in [0, 0.05) is 18.9 Å². The first-order valence-electron chi connectivity index (χ1n) is 10.1. The summed E-state index contributed by atoms with van der Waals surface area (Å²) in [6.07, 6.45) is 10.0. The minimum Gasteiger partial charge on any atom is -0.356 e. The molecule has 138 valence electrons. The standard InChI is InChI=1S/C20H27N5O/c21-19(15-8-14(9-15)12-3-4-12)17-11-25-18(23-17)6-5-16(24-25)10-13-2-1-7-22-20(13)26/h5-6,11-15,19H,1-4,7-10,21H2,(H,22,26). The van der Waals surface area contributed by atoms with Gasteiger partial charge in [-0.15, -0.1) is 0 Å². The van der Waals surface area contributed by atoms with E-state index in [0.717, 1.165) is 48.3 Å². The van der Waals surface area contributed by atoms with E-state index in [1.54, 1.807) is 0 Å². The molecule has 2 aromatic rings. The molecule has 3 N–H and O–H groups in total. The van der Waals surface area contributed by atoms with Gasteiger partial charge in [0.15, 0.2) is 5.65 Å². The van der Waals surface area contributed by atoms with Crippen molar-refractivity contribution in [1.82, 2.24) is 19.9 Å². The van der Waals surface area contributed by atoms with Gasteiger partial charge in [0.05, 0.1) is 23.6 Å². The maximum Gasteiger partial charge on any atom is 0.223 e. The highest BCUT2D eigenvalue weighted by atomic mass is 16.1. The van der Waals surface area contributed by atoms with Crippen LogP contribution < -0.4 is 11.1 Å². The predicted octanol–water partition coefficient (Wildman–Crippen LogP) is 2.23. The second-order valence-electron chi connectivity index (χ2n) is 8.48. The van der Waals surface area contributed by atoms with Gasteiger partial charge in [0.1, 0.15) is 0 Å². The van der Waals surface area contributed by atoms with Gasteiger partial charge in [0.2, 0.25) is 5.91 Å². The fraction of sp³-hybridized carbons (Fsp3) is 0.650. The third-order valence-electron chi connectivity index (χ3n) is 6.60. The van der Waals surface area contributed by atoms with Gasteiger partial charge in [-0.25, -0.2) is 9.50 Å². The molecule has 2 saturated carbocycles. The molecule has 3 aliphatic rings. The van der Waals surface area contributed by atoms with E-state index in [9.17, 15) is 4.79 Å². The Balaban J connectivity index is 1.29. The maximum absolute atomic E-state index is 12.0. The minimum absolute atomic E-state index is 0.0132. The highest BCUT2D eigenvalue weighted by Gasteiger charge is 2.42. The van der Waals surface area contributed by atoms with Crippen LogP contribution in [-0.2, 0) is 11.2 Å². The zero-order valence-corrected chi connectivity index (χ0v) is 15.1. The molecule has 1 saturated heterocycles. The molecule has 1 amide bonds. The van der Waals surface area contributed by atoms with Crippen LogP contribution in [0.5, 0.6) is 0 Å². The van der Waals surface area contributed by atoms with E-state index in [2.05, 4.69) is 10.4 Å². The number of amides is 1. The van der Waals surface area contributed by atoms with Crippen molar-refractivity contribution < 1.29 is 4.79 Å². The second kappa shape index (κ2) is 6.34. The Morgan fingerprint density at radius 3 is 2.85 bits per heavy atom. The van der Waals surface area contributed by atoms with Crippen LogP contribution in [0.3, 0.4) is 0 Å². The van der Waals surface area contributed by atoms with E-state index in [0.29, 0.717) is 12.3 Å². The van der Waals surface area contributed by atoms with Crippen LogP contribution in [0.4, 0.5) is 0 Å². The molecule has 3 heterocycles. The molecule has 6 nitrogen and oxygen atoms in total. The van der Waals surface area contributed by atoms with E-state index in [1.165, 1.54) is 25.7 Å². The number of piperidine rings is 1. The summed E-state index contributed by atoms with van der Waals surface area (Å²) in [7, 11) is 0. The number of carbonyl (C=O) groups is 1. The molecule has 3 fully saturated rings. The zero-order valence-electron chi connectivity index (χ0n) is 15.1. The van der Waals surface area contributed by atoms with Crippen molar-refractivity contribution in [3.05, 3.63) is 29.7 Å².